The van der Waals surface area contributed by atoms with E-state index >= 15 is 0 Å². The van der Waals surface area contributed by atoms with Gasteiger partial charge >= 0.3 is 0 Å². The maximum Gasteiger partial charge on any atom is 0.295 e. The minimum absolute atomic E-state index is 0.0377. The average molecular weight is 434 g/mol. The summed E-state index contributed by atoms with van der Waals surface area (Å²) < 4.78 is 11.2. The average Bonchev–Trinajstić information content (AvgIpc) is 3.31. The molecule has 0 bridgehead atoms. The highest BCUT2D eigenvalue weighted by Gasteiger charge is 2.47. The van der Waals surface area contributed by atoms with E-state index in [9.17, 15) is 14.7 Å². The topological polar surface area (TPSA) is 91.9 Å². The van der Waals surface area contributed by atoms with Crippen molar-refractivity contribution in [3.8, 4) is 5.75 Å². The molecule has 1 atom stereocenters. The number of fused-ring (bicyclic) bond motifs is 1. The van der Waals surface area contributed by atoms with Crippen molar-refractivity contribution in [1.29, 1.82) is 0 Å². The molecule has 1 unspecified atom stereocenters. The normalized spacial score (nSPS) is 18.1. The summed E-state index contributed by atoms with van der Waals surface area (Å²) in [6, 6.07) is 14.0. The smallest absolute Gasteiger partial charge is 0.295 e. The Kier molecular flexibility index (Phi) is 6.01. The van der Waals surface area contributed by atoms with Gasteiger partial charge in [0.1, 0.15) is 11.5 Å². The standard InChI is InChI=1S/C25H26N2O5/c1-15(2)32-20-11-7-5-9-17(20)22-21(24(29)25(30)27(22)12-13-31-3)23(28)18-14-26-19-10-6-4-8-16(18)19/h4-11,14-15,22,26,28H,12-13H2,1-3H3/b23-21+. The van der Waals surface area contributed by atoms with Crippen molar-refractivity contribution in [3.63, 3.8) is 0 Å². The number of carbonyl (C=O) groups is 2. The molecule has 1 amide bonds. The van der Waals surface area contributed by atoms with Crippen molar-refractivity contribution in [3.05, 3.63) is 71.4 Å². The van der Waals surface area contributed by atoms with Crippen LogP contribution >= 0.6 is 0 Å². The summed E-state index contributed by atoms with van der Waals surface area (Å²) in [5.74, 6) is -1.06. The highest BCUT2D eigenvalue weighted by atomic mass is 16.5. The second kappa shape index (κ2) is 8.88. The Labute approximate surface area is 186 Å². The van der Waals surface area contributed by atoms with Crippen LogP contribution in [-0.4, -0.2) is 53.0 Å². The summed E-state index contributed by atoms with van der Waals surface area (Å²) in [5, 5.41) is 12.1. The van der Waals surface area contributed by atoms with E-state index in [1.54, 1.807) is 12.3 Å². The summed E-state index contributed by atoms with van der Waals surface area (Å²) in [6.45, 7) is 4.27. The number of methoxy groups -OCH3 is 1. The Morgan fingerprint density at radius 1 is 1.12 bits per heavy atom. The number of aliphatic hydroxyl groups excluding tert-OH is 1. The van der Waals surface area contributed by atoms with Gasteiger partial charge in [-0.15, -0.1) is 0 Å². The van der Waals surface area contributed by atoms with E-state index in [-0.39, 0.29) is 30.6 Å². The Hall–Kier alpha value is -3.58. The Morgan fingerprint density at radius 3 is 2.59 bits per heavy atom. The quantitative estimate of drug-likeness (QED) is 0.333. The molecule has 4 rings (SSSR count). The largest absolute Gasteiger partial charge is 0.507 e. The van der Waals surface area contributed by atoms with Crippen LogP contribution in [0.4, 0.5) is 0 Å². The number of aliphatic hydroxyl groups is 1. The number of hydrogen-bond donors (Lipinski definition) is 2. The number of hydrogen-bond acceptors (Lipinski definition) is 5. The van der Waals surface area contributed by atoms with E-state index in [0.717, 1.165) is 10.9 Å². The Morgan fingerprint density at radius 2 is 1.84 bits per heavy atom. The molecule has 1 aromatic heterocycles. The molecular weight excluding hydrogens is 408 g/mol. The molecule has 7 heteroatoms. The third-order valence-electron chi connectivity index (χ3n) is 5.50. The number of benzene rings is 2. The van der Waals surface area contributed by atoms with Gasteiger partial charge in [0.2, 0.25) is 0 Å². The van der Waals surface area contributed by atoms with Gasteiger partial charge in [-0.3, -0.25) is 9.59 Å². The highest BCUT2D eigenvalue weighted by molar-refractivity contribution is 6.46. The lowest BCUT2D eigenvalue weighted by atomic mass is 9.94. The number of nitrogens with zero attached hydrogens (tertiary/aromatic N) is 1. The van der Waals surface area contributed by atoms with Crippen molar-refractivity contribution in [2.75, 3.05) is 20.3 Å². The van der Waals surface area contributed by atoms with E-state index in [4.69, 9.17) is 9.47 Å². The zero-order chi connectivity index (χ0) is 22.8. The molecule has 1 fully saturated rings. The van der Waals surface area contributed by atoms with Gasteiger partial charge in [0.25, 0.3) is 11.7 Å². The number of carbonyl (C=O) groups excluding carboxylic acids is 2. The van der Waals surface area contributed by atoms with Crippen LogP contribution in [0.3, 0.4) is 0 Å². The Bertz CT molecular complexity index is 1190. The maximum atomic E-state index is 13.2. The number of Topliss-reactive ketones (excluding diaryl/α,β-unsaturated/α-hetero) is 1. The maximum absolute atomic E-state index is 13.2. The number of amides is 1. The Balaban J connectivity index is 1.93. The fourth-order valence-corrected chi connectivity index (χ4v) is 4.10. The van der Waals surface area contributed by atoms with Gasteiger partial charge in [-0.1, -0.05) is 36.4 Å². The molecule has 3 aromatic rings. The van der Waals surface area contributed by atoms with E-state index in [2.05, 4.69) is 4.98 Å². The van der Waals surface area contributed by atoms with Crippen LogP contribution in [0.15, 0.2) is 60.3 Å². The van der Waals surface area contributed by atoms with Crippen LogP contribution in [-0.2, 0) is 14.3 Å². The molecule has 1 aliphatic rings. The van der Waals surface area contributed by atoms with Gasteiger partial charge < -0.3 is 24.5 Å². The molecule has 2 N–H and O–H groups in total. The molecule has 1 saturated heterocycles. The number of para-hydroxylation sites is 2. The molecule has 0 saturated carbocycles. The minimum atomic E-state index is -0.797. The van der Waals surface area contributed by atoms with E-state index in [0.29, 0.717) is 16.9 Å². The molecule has 0 spiro atoms. The third-order valence-corrected chi connectivity index (χ3v) is 5.50. The predicted octanol–water partition coefficient (Wildman–Crippen LogP) is 4.02. The van der Waals surface area contributed by atoms with Gasteiger partial charge in [-0.25, -0.2) is 0 Å². The lowest BCUT2D eigenvalue weighted by Gasteiger charge is -2.27. The zero-order valence-electron chi connectivity index (χ0n) is 18.3. The SMILES string of the molecule is COCCN1C(=O)C(=O)/C(=C(/O)c2c[nH]c3ccccc23)C1c1ccccc1OC(C)C. The van der Waals surface area contributed by atoms with Crippen molar-refractivity contribution < 1.29 is 24.2 Å². The van der Waals surface area contributed by atoms with Crippen LogP contribution < -0.4 is 4.74 Å². The number of ketones is 1. The molecule has 166 valence electrons. The molecular formula is C25H26N2O5. The summed E-state index contributed by atoms with van der Waals surface area (Å²) in [4.78, 5) is 30.7. The second-order valence-corrected chi connectivity index (χ2v) is 7.94. The first-order chi connectivity index (χ1) is 15.4. The number of rotatable bonds is 7. The van der Waals surface area contributed by atoms with E-state index in [1.165, 1.54) is 12.0 Å². The zero-order valence-corrected chi connectivity index (χ0v) is 18.3. The molecule has 0 aliphatic carbocycles. The first kappa shape index (κ1) is 21.6. The molecule has 2 aromatic carbocycles. The summed E-state index contributed by atoms with van der Waals surface area (Å²) >= 11 is 0. The first-order valence-electron chi connectivity index (χ1n) is 10.5. The van der Waals surface area contributed by atoms with Crippen molar-refractivity contribution in [2.24, 2.45) is 0 Å². The van der Waals surface area contributed by atoms with Crippen LogP contribution in [0.2, 0.25) is 0 Å². The summed E-state index contributed by atoms with van der Waals surface area (Å²) in [6.07, 6.45) is 1.54. The van der Waals surface area contributed by atoms with Gasteiger partial charge in [0.05, 0.1) is 24.3 Å². The lowest BCUT2D eigenvalue weighted by molar-refractivity contribution is -0.140. The summed E-state index contributed by atoms with van der Waals surface area (Å²) in [7, 11) is 1.54. The van der Waals surface area contributed by atoms with Crippen LogP contribution in [0.5, 0.6) is 5.75 Å². The van der Waals surface area contributed by atoms with E-state index < -0.39 is 17.7 Å². The van der Waals surface area contributed by atoms with Crippen LogP contribution in [0.1, 0.15) is 31.0 Å². The molecule has 32 heavy (non-hydrogen) atoms. The van der Waals surface area contributed by atoms with Crippen molar-refractivity contribution >= 4 is 28.4 Å². The number of nitrogens with one attached hydrogen (secondary N) is 1. The molecule has 0 radical (unpaired) electrons. The van der Waals surface area contributed by atoms with Crippen molar-refractivity contribution in [2.45, 2.75) is 26.0 Å². The fraction of sp³-hybridized carbons (Fsp3) is 0.280. The molecule has 1 aliphatic heterocycles. The minimum Gasteiger partial charge on any atom is -0.507 e. The number of ether oxygens (including phenoxy) is 2. The second-order valence-electron chi connectivity index (χ2n) is 7.94. The lowest BCUT2D eigenvalue weighted by Crippen LogP contribution is -2.33. The van der Waals surface area contributed by atoms with Crippen LogP contribution in [0.25, 0.3) is 16.7 Å². The monoisotopic (exact) mass is 434 g/mol. The van der Waals surface area contributed by atoms with Crippen molar-refractivity contribution in [1.82, 2.24) is 9.88 Å². The fourth-order valence-electron chi connectivity index (χ4n) is 4.10. The predicted molar refractivity (Wildman–Crippen MR) is 121 cm³/mol. The third kappa shape index (κ3) is 3.76. The van der Waals surface area contributed by atoms with Gasteiger partial charge in [0.15, 0.2) is 0 Å². The van der Waals surface area contributed by atoms with Gasteiger partial charge in [-0.2, -0.15) is 0 Å². The number of H-pyrrole nitrogens is 1. The molecule has 7 nitrogen and oxygen atoms in total. The van der Waals surface area contributed by atoms with Gasteiger partial charge in [0, 0.05) is 41.9 Å². The highest BCUT2D eigenvalue weighted by Crippen LogP contribution is 2.43. The number of likely N-dealkylation sites (tertiary alicyclic amines) is 1. The first-order valence-corrected chi connectivity index (χ1v) is 10.5. The molecule has 2 heterocycles. The number of aromatic amines is 1. The van der Waals surface area contributed by atoms with Crippen LogP contribution in [0, 0.1) is 0 Å². The van der Waals surface area contributed by atoms with E-state index in [1.807, 2.05) is 56.3 Å². The number of aromatic nitrogens is 1. The van der Waals surface area contributed by atoms with Gasteiger partial charge in [-0.05, 0) is 26.0 Å². The summed E-state index contributed by atoms with van der Waals surface area (Å²) in [5.41, 5.74) is 1.97.